The molecule has 1 aliphatic rings. The Labute approximate surface area is 97.7 Å². The van der Waals surface area contributed by atoms with Crippen molar-refractivity contribution in [1.82, 2.24) is 4.90 Å². The van der Waals surface area contributed by atoms with E-state index in [-0.39, 0.29) is 11.7 Å². The monoisotopic (exact) mass is 241 g/mol. The maximum absolute atomic E-state index is 13.0. The minimum Gasteiger partial charge on any atom is -0.393 e. The number of rotatable bonds is 1. The van der Waals surface area contributed by atoms with Crippen molar-refractivity contribution in [2.75, 3.05) is 13.1 Å². The normalized spacial score (nSPS) is 17.2. The third-order valence-electron chi connectivity index (χ3n) is 2.86. The Hall–Kier alpha value is -1.49. The van der Waals surface area contributed by atoms with E-state index in [1.54, 1.807) is 0 Å². The minimum absolute atomic E-state index is 0.0129. The molecular weight excluding hydrogens is 228 g/mol. The average Bonchev–Trinajstić information content (AvgIpc) is 2.28. The molecule has 1 aromatic carbocycles. The smallest absolute Gasteiger partial charge is 0.254 e. The first-order valence-electron chi connectivity index (χ1n) is 5.49. The first-order valence-corrected chi connectivity index (χ1v) is 5.49. The van der Waals surface area contributed by atoms with Crippen LogP contribution in [-0.4, -0.2) is 35.1 Å². The van der Waals surface area contributed by atoms with Gasteiger partial charge in [-0.2, -0.15) is 0 Å². The van der Waals surface area contributed by atoms with E-state index in [9.17, 15) is 18.7 Å². The summed E-state index contributed by atoms with van der Waals surface area (Å²) in [6.45, 7) is 0.830. The van der Waals surface area contributed by atoms with Gasteiger partial charge in [0.25, 0.3) is 5.91 Å². The summed E-state index contributed by atoms with van der Waals surface area (Å²) in [5.41, 5.74) is 0.0129. The third kappa shape index (κ3) is 2.79. The Morgan fingerprint density at radius 3 is 2.24 bits per heavy atom. The van der Waals surface area contributed by atoms with Gasteiger partial charge in [-0.3, -0.25) is 4.79 Å². The van der Waals surface area contributed by atoms with Crippen LogP contribution in [0.25, 0.3) is 0 Å². The summed E-state index contributed by atoms with van der Waals surface area (Å²) in [6.07, 6.45) is 0.621. The van der Waals surface area contributed by atoms with E-state index in [0.29, 0.717) is 25.9 Å². The van der Waals surface area contributed by atoms with Crippen molar-refractivity contribution in [3.63, 3.8) is 0 Å². The van der Waals surface area contributed by atoms with E-state index in [2.05, 4.69) is 0 Å². The Morgan fingerprint density at radius 2 is 1.71 bits per heavy atom. The number of benzene rings is 1. The van der Waals surface area contributed by atoms with Crippen LogP contribution in [0.3, 0.4) is 0 Å². The van der Waals surface area contributed by atoms with Crippen LogP contribution in [-0.2, 0) is 0 Å². The highest BCUT2D eigenvalue weighted by Crippen LogP contribution is 2.15. The second kappa shape index (κ2) is 4.79. The lowest BCUT2D eigenvalue weighted by molar-refractivity contribution is 0.0545. The largest absolute Gasteiger partial charge is 0.393 e. The van der Waals surface area contributed by atoms with Gasteiger partial charge < -0.3 is 10.0 Å². The molecule has 0 aromatic heterocycles. The first kappa shape index (κ1) is 12.0. The molecule has 0 atom stereocenters. The van der Waals surface area contributed by atoms with E-state index in [0.717, 1.165) is 18.2 Å². The topological polar surface area (TPSA) is 40.5 Å². The van der Waals surface area contributed by atoms with Crippen LogP contribution in [0.15, 0.2) is 18.2 Å². The molecule has 0 aliphatic carbocycles. The summed E-state index contributed by atoms with van der Waals surface area (Å²) >= 11 is 0. The van der Waals surface area contributed by atoms with Crippen LogP contribution in [0.1, 0.15) is 23.2 Å². The molecule has 1 saturated heterocycles. The van der Waals surface area contributed by atoms with Gasteiger partial charge in [0, 0.05) is 24.7 Å². The van der Waals surface area contributed by atoms with Gasteiger partial charge >= 0.3 is 0 Å². The number of aliphatic hydroxyl groups excluding tert-OH is 1. The van der Waals surface area contributed by atoms with E-state index in [1.165, 1.54) is 4.90 Å². The maximum atomic E-state index is 13.0. The van der Waals surface area contributed by atoms with Crippen molar-refractivity contribution in [3.8, 4) is 0 Å². The molecule has 0 spiro atoms. The zero-order chi connectivity index (χ0) is 12.4. The molecule has 2 rings (SSSR count). The number of halogens is 2. The van der Waals surface area contributed by atoms with Gasteiger partial charge in [0.1, 0.15) is 11.6 Å². The second-order valence-electron chi connectivity index (χ2n) is 4.18. The molecule has 1 N–H and O–H groups in total. The lowest BCUT2D eigenvalue weighted by atomic mass is 10.1. The van der Waals surface area contributed by atoms with Crippen LogP contribution < -0.4 is 0 Å². The number of hydrogen-bond donors (Lipinski definition) is 1. The van der Waals surface area contributed by atoms with Crippen LogP contribution >= 0.6 is 0 Å². The van der Waals surface area contributed by atoms with Gasteiger partial charge in [-0.15, -0.1) is 0 Å². The third-order valence-corrected chi connectivity index (χ3v) is 2.86. The number of likely N-dealkylation sites (tertiary alicyclic amines) is 1. The predicted octanol–water partition coefficient (Wildman–Crippen LogP) is 1.56. The van der Waals surface area contributed by atoms with Crippen LogP contribution in [0.5, 0.6) is 0 Å². The zero-order valence-corrected chi connectivity index (χ0v) is 9.20. The molecule has 5 heteroatoms. The van der Waals surface area contributed by atoms with Crippen molar-refractivity contribution in [3.05, 3.63) is 35.4 Å². The molecule has 3 nitrogen and oxygen atoms in total. The Morgan fingerprint density at radius 1 is 1.18 bits per heavy atom. The molecule has 17 heavy (non-hydrogen) atoms. The minimum atomic E-state index is -0.759. The van der Waals surface area contributed by atoms with Crippen molar-refractivity contribution in [1.29, 1.82) is 0 Å². The van der Waals surface area contributed by atoms with Gasteiger partial charge in [0.05, 0.1) is 6.10 Å². The van der Waals surface area contributed by atoms with E-state index in [1.807, 2.05) is 0 Å². The second-order valence-corrected chi connectivity index (χ2v) is 4.18. The summed E-state index contributed by atoms with van der Waals surface area (Å²) in [7, 11) is 0. The van der Waals surface area contributed by atoms with E-state index < -0.39 is 17.5 Å². The molecular formula is C12H13F2NO2. The number of amides is 1. The van der Waals surface area contributed by atoms with Crippen molar-refractivity contribution in [2.45, 2.75) is 18.9 Å². The Kier molecular flexibility index (Phi) is 3.38. The number of carbonyl (C=O) groups is 1. The van der Waals surface area contributed by atoms with Crippen molar-refractivity contribution < 1.29 is 18.7 Å². The zero-order valence-electron chi connectivity index (χ0n) is 9.20. The van der Waals surface area contributed by atoms with Crippen LogP contribution in [0.2, 0.25) is 0 Å². The van der Waals surface area contributed by atoms with E-state index in [4.69, 9.17) is 0 Å². The molecule has 0 saturated carbocycles. The molecule has 1 aliphatic heterocycles. The average molecular weight is 241 g/mol. The number of hydrogen-bond acceptors (Lipinski definition) is 2. The predicted molar refractivity (Wildman–Crippen MR) is 57.5 cm³/mol. The fourth-order valence-corrected chi connectivity index (χ4v) is 1.93. The number of aliphatic hydroxyl groups is 1. The quantitative estimate of drug-likeness (QED) is 0.810. The fourth-order valence-electron chi connectivity index (χ4n) is 1.93. The lowest BCUT2D eigenvalue weighted by Crippen LogP contribution is -2.40. The van der Waals surface area contributed by atoms with E-state index >= 15 is 0 Å². The molecule has 92 valence electrons. The number of nitrogens with zero attached hydrogens (tertiary/aromatic N) is 1. The van der Waals surface area contributed by atoms with Crippen LogP contribution in [0.4, 0.5) is 8.78 Å². The Bertz CT molecular complexity index is 408. The number of piperidine rings is 1. The summed E-state index contributed by atoms with van der Waals surface area (Å²) < 4.78 is 25.9. The Balaban J connectivity index is 2.14. The fraction of sp³-hybridized carbons (Fsp3) is 0.417. The standard InChI is InChI=1S/C12H13F2NO2/c13-9-5-8(6-10(14)7-9)12(17)15-3-1-11(16)2-4-15/h5-7,11,16H,1-4H2. The molecule has 1 fully saturated rings. The maximum Gasteiger partial charge on any atom is 0.254 e. The SMILES string of the molecule is O=C(c1cc(F)cc(F)c1)N1CCC(O)CC1. The summed E-state index contributed by atoms with van der Waals surface area (Å²) in [5, 5.41) is 9.31. The highest BCUT2D eigenvalue weighted by Gasteiger charge is 2.22. The summed E-state index contributed by atoms with van der Waals surface area (Å²) in [5.74, 6) is -1.91. The van der Waals surface area contributed by atoms with Crippen molar-refractivity contribution >= 4 is 5.91 Å². The van der Waals surface area contributed by atoms with Gasteiger partial charge in [0.2, 0.25) is 0 Å². The molecule has 0 radical (unpaired) electrons. The molecule has 1 heterocycles. The summed E-state index contributed by atoms with van der Waals surface area (Å²) in [6, 6.07) is 2.78. The van der Waals surface area contributed by atoms with Gasteiger partial charge in [-0.1, -0.05) is 0 Å². The van der Waals surface area contributed by atoms with Gasteiger partial charge in [-0.05, 0) is 25.0 Å². The highest BCUT2D eigenvalue weighted by molar-refractivity contribution is 5.94. The lowest BCUT2D eigenvalue weighted by Gasteiger charge is -2.29. The van der Waals surface area contributed by atoms with Gasteiger partial charge in [0.15, 0.2) is 0 Å². The number of carbonyl (C=O) groups excluding carboxylic acids is 1. The van der Waals surface area contributed by atoms with Gasteiger partial charge in [-0.25, -0.2) is 8.78 Å². The first-order chi connectivity index (χ1) is 8.06. The molecule has 0 bridgehead atoms. The molecule has 1 aromatic rings. The highest BCUT2D eigenvalue weighted by atomic mass is 19.1. The van der Waals surface area contributed by atoms with Crippen LogP contribution in [0, 0.1) is 11.6 Å². The molecule has 0 unspecified atom stereocenters. The molecule has 1 amide bonds. The summed E-state index contributed by atoms with van der Waals surface area (Å²) in [4.78, 5) is 13.4. The van der Waals surface area contributed by atoms with Crippen molar-refractivity contribution in [2.24, 2.45) is 0 Å².